The van der Waals surface area contributed by atoms with Crippen molar-refractivity contribution in [3.8, 4) is 0 Å². The molecule has 0 bridgehead atoms. The normalized spacial score (nSPS) is 10.2. The minimum Gasteiger partial charge on any atom is -0.398 e. The van der Waals surface area contributed by atoms with Crippen molar-refractivity contribution in [3.05, 3.63) is 59.4 Å². The van der Waals surface area contributed by atoms with Crippen LogP contribution in [-0.2, 0) is 17.8 Å². The number of hydrogen-bond acceptors (Lipinski definition) is 3. The van der Waals surface area contributed by atoms with Crippen molar-refractivity contribution in [1.82, 2.24) is 10.3 Å². The summed E-state index contributed by atoms with van der Waals surface area (Å²) in [5.41, 5.74) is 9.46. The van der Waals surface area contributed by atoms with E-state index in [1.807, 2.05) is 31.2 Å². The van der Waals surface area contributed by atoms with Crippen molar-refractivity contribution in [2.45, 2.75) is 19.9 Å². The van der Waals surface area contributed by atoms with Gasteiger partial charge in [-0.05, 0) is 35.7 Å². The standard InChI is InChI=1S/C15H17N3O/c1-11-9-17-7-6-13(11)10-18-15(19)8-12-4-2-3-5-14(12)16/h2-7,9H,8,10,16H2,1H3,(H,18,19). The van der Waals surface area contributed by atoms with Crippen molar-refractivity contribution in [1.29, 1.82) is 0 Å². The number of benzene rings is 1. The summed E-state index contributed by atoms with van der Waals surface area (Å²) in [6.45, 7) is 2.49. The molecule has 2 rings (SSSR count). The number of para-hydroxylation sites is 1. The molecule has 0 radical (unpaired) electrons. The number of aromatic nitrogens is 1. The molecule has 4 heteroatoms. The smallest absolute Gasteiger partial charge is 0.224 e. The highest BCUT2D eigenvalue weighted by Gasteiger charge is 2.06. The van der Waals surface area contributed by atoms with Gasteiger partial charge in [0.15, 0.2) is 0 Å². The molecule has 0 atom stereocenters. The maximum atomic E-state index is 11.9. The van der Waals surface area contributed by atoms with E-state index in [9.17, 15) is 4.79 Å². The molecule has 0 saturated carbocycles. The molecule has 19 heavy (non-hydrogen) atoms. The third kappa shape index (κ3) is 3.55. The van der Waals surface area contributed by atoms with E-state index in [2.05, 4.69) is 10.3 Å². The van der Waals surface area contributed by atoms with Crippen LogP contribution in [-0.4, -0.2) is 10.9 Å². The summed E-state index contributed by atoms with van der Waals surface area (Å²) in [5, 5.41) is 2.89. The lowest BCUT2D eigenvalue weighted by atomic mass is 10.1. The van der Waals surface area contributed by atoms with Crippen LogP contribution in [0, 0.1) is 6.92 Å². The quantitative estimate of drug-likeness (QED) is 0.819. The van der Waals surface area contributed by atoms with Gasteiger partial charge in [-0.2, -0.15) is 0 Å². The van der Waals surface area contributed by atoms with Crippen LogP contribution in [0.25, 0.3) is 0 Å². The van der Waals surface area contributed by atoms with Gasteiger partial charge >= 0.3 is 0 Å². The first-order valence-electron chi connectivity index (χ1n) is 6.16. The molecule has 0 unspecified atom stereocenters. The number of carbonyl (C=O) groups is 1. The Morgan fingerprint density at radius 1 is 1.26 bits per heavy atom. The number of nitrogens with one attached hydrogen (secondary N) is 1. The van der Waals surface area contributed by atoms with Crippen LogP contribution < -0.4 is 11.1 Å². The predicted molar refractivity (Wildman–Crippen MR) is 75.4 cm³/mol. The Hall–Kier alpha value is -2.36. The Labute approximate surface area is 112 Å². The maximum absolute atomic E-state index is 11.9. The van der Waals surface area contributed by atoms with Crippen molar-refractivity contribution < 1.29 is 4.79 Å². The Bertz CT molecular complexity index is 581. The van der Waals surface area contributed by atoms with Gasteiger partial charge in [0, 0.05) is 24.6 Å². The van der Waals surface area contributed by atoms with Gasteiger partial charge < -0.3 is 11.1 Å². The van der Waals surface area contributed by atoms with Gasteiger partial charge in [0.05, 0.1) is 6.42 Å². The second-order valence-corrected chi connectivity index (χ2v) is 4.45. The summed E-state index contributed by atoms with van der Waals surface area (Å²) in [5.74, 6) is -0.0332. The van der Waals surface area contributed by atoms with E-state index in [1.165, 1.54) is 0 Å². The Balaban J connectivity index is 1.92. The van der Waals surface area contributed by atoms with Gasteiger partial charge in [0.25, 0.3) is 0 Å². The zero-order valence-electron chi connectivity index (χ0n) is 10.9. The van der Waals surface area contributed by atoms with Crippen molar-refractivity contribution in [2.24, 2.45) is 0 Å². The van der Waals surface area contributed by atoms with E-state index in [0.717, 1.165) is 16.7 Å². The minimum absolute atomic E-state index is 0.0332. The number of anilines is 1. The summed E-state index contributed by atoms with van der Waals surface area (Å²) in [6.07, 6.45) is 3.82. The van der Waals surface area contributed by atoms with Crippen LogP contribution in [0.2, 0.25) is 0 Å². The third-order valence-corrected chi connectivity index (χ3v) is 3.02. The van der Waals surface area contributed by atoms with Crippen molar-refractivity contribution >= 4 is 11.6 Å². The minimum atomic E-state index is -0.0332. The van der Waals surface area contributed by atoms with E-state index < -0.39 is 0 Å². The van der Waals surface area contributed by atoms with Crippen LogP contribution in [0.4, 0.5) is 5.69 Å². The lowest BCUT2D eigenvalue weighted by molar-refractivity contribution is -0.120. The van der Waals surface area contributed by atoms with Gasteiger partial charge in [-0.3, -0.25) is 9.78 Å². The van der Waals surface area contributed by atoms with Gasteiger partial charge in [-0.1, -0.05) is 18.2 Å². The Morgan fingerprint density at radius 3 is 2.79 bits per heavy atom. The summed E-state index contributed by atoms with van der Waals surface area (Å²) >= 11 is 0. The molecular weight excluding hydrogens is 238 g/mol. The highest BCUT2D eigenvalue weighted by Crippen LogP contribution is 2.11. The van der Waals surface area contributed by atoms with E-state index in [0.29, 0.717) is 18.7 Å². The molecule has 0 spiro atoms. The molecule has 0 saturated heterocycles. The zero-order valence-corrected chi connectivity index (χ0v) is 10.9. The number of nitrogens with zero attached hydrogens (tertiary/aromatic N) is 1. The van der Waals surface area contributed by atoms with Crippen LogP contribution in [0.5, 0.6) is 0 Å². The number of nitrogen functional groups attached to an aromatic ring is 1. The van der Waals surface area contributed by atoms with E-state index in [1.54, 1.807) is 18.5 Å². The van der Waals surface area contributed by atoms with E-state index in [-0.39, 0.29) is 5.91 Å². The largest absolute Gasteiger partial charge is 0.398 e. The highest BCUT2D eigenvalue weighted by molar-refractivity contribution is 5.80. The first kappa shape index (κ1) is 13.1. The van der Waals surface area contributed by atoms with Crippen molar-refractivity contribution in [2.75, 3.05) is 5.73 Å². The highest BCUT2D eigenvalue weighted by atomic mass is 16.1. The SMILES string of the molecule is Cc1cnccc1CNC(=O)Cc1ccccc1N. The summed E-state index contributed by atoms with van der Waals surface area (Å²) in [4.78, 5) is 15.9. The molecule has 0 fully saturated rings. The van der Waals surface area contributed by atoms with Crippen molar-refractivity contribution in [3.63, 3.8) is 0 Å². The van der Waals surface area contributed by atoms with Crippen LogP contribution in [0.3, 0.4) is 0 Å². The molecule has 1 aromatic carbocycles. The van der Waals surface area contributed by atoms with Gasteiger partial charge in [0.1, 0.15) is 0 Å². The lowest BCUT2D eigenvalue weighted by Crippen LogP contribution is -2.25. The van der Waals surface area contributed by atoms with E-state index >= 15 is 0 Å². The van der Waals surface area contributed by atoms with Gasteiger partial charge in [0.2, 0.25) is 5.91 Å². The number of hydrogen-bond donors (Lipinski definition) is 2. The summed E-state index contributed by atoms with van der Waals surface area (Å²) in [6, 6.07) is 9.32. The second kappa shape index (κ2) is 6.00. The molecule has 4 nitrogen and oxygen atoms in total. The van der Waals surface area contributed by atoms with Crippen LogP contribution in [0.1, 0.15) is 16.7 Å². The molecule has 1 aromatic heterocycles. The fourth-order valence-electron chi connectivity index (χ4n) is 1.83. The summed E-state index contributed by atoms with van der Waals surface area (Å²) in [7, 11) is 0. The molecule has 1 amide bonds. The fourth-order valence-corrected chi connectivity index (χ4v) is 1.83. The molecule has 1 heterocycles. The zero-order chi connectivity index (χ0) is 13.7. The monoisotopic (exact) mass is 255 g/mol. The molecule has 2 aromatic rings. The number of nitrogens with two attached hydrogens (primary N) is 1. The molecule has 0 aliphatic heterocycles. The fraction of sp³-hybridized carbons (Fsp3) is 0.200. The molecule has 3 N–H and O–H groups in total. The maximum Gasteiger partial charge on any atom is 0.224 e. The molecule has 98 valence electrons. The van der Waals surface area contributed by atoms with Gasteiger partial charge in [-0.15, -0.1) is 0 Å². The number of pyridine rings is 1. The third-order valence-electron chi connectivity index (χ3n) is 3.02. The van der Waals surface area contributed by atoms with Gasteiger partial charge in [-0.25, -0.2) is 0 Å². The number of rotatable bonds is 4. The first-order valence-corrected chi connectivity index (χ1v) is 6.16. The second-order valence-electron chi connectivity index (χ2n) is 4.45. The van der Waals surface area contributed by atoms with Crippen LogP contribution >= 0.6 is 0 Å². The van der Waals surface area contributed by atoms with Crippen LogP contribution in [0.15, 0.2) is 42.7 Å². The number of aryl methyl sites for hydroxylation is 1. The Morgan fingerprint density at radius 2 is 2.05 bits per heavy atom. The topological polar surface area (TPSA) is 68.0 Å². The Kier molecular flexibility index (Phi) is 4.13. The number of carbonyl (C=O) groups excluding carboxylic acids is 1. The average Bonchev–Trinajstić information content (AvgIpc) is 2.40. The number of amides is 1. The molecule has 0 aliphatic rings. The molecule has 0 aliphatic carbocycles. The summed E-state index contributed by atoms with van der Waals surface area (Å²) < 4.78 is 0. The average molecular weight is 255 g/mol. The lowest BCUT2D eigenvalue weighted by Gasteiger charge is -2.08. The first-order chi connectivity index (χ1) is 9.16. The molecular formula is C15H17N3O. The van der Waals surface area contributed by atoms with E-state index in [4.69, 9.17) is 5.73 Å². The predicted octanol–water partition coefficient (Wildman–Crippen LogP) is 1.83.